The van der Waals surface area contributed by atoms with E-state index in [1.807, 2.05) is 6.92 Å². The van der Waals surface area contributed by atoms with Gasteiger partial charge in [0.05, 0.1) is 12.1 Å². The van der Waals surface area contributed by atoms with Crippen LogP contribution in [0.4, 0.5) is 0 Å². The molecule has 0 unspecified atom stereocenters. The number of rotatable bonds is 4. The van der Waals surface area contributed by atoms with E-state index in [0.29, 0.717) is 5.56 Å². The van der Waals surface area contributed by atoms with Gasteiger partial charge in [-0.05, 0) is 19.1 Å². The Hall–Kier alpha value is -2.58. The molecule has 2 aromatic rings. The average Bonchev–Trinajstić information content (AvgIpc) is 2.48. The molecule has 0 atom stereocenters. The maximum absolute atomic E-state index is 12.2. The molecular formula is C16H13NO3S. The first-order valence-electron chi connectivity index (χ1n) is 6.19. The molecule has 0 aliphatic carbocycles. The van der Waals surface area contributed by atoms with Gasteiger partial charge < -0.3 is 4.18 Å². The molecule has 0 N–H and O–H groups in total. The van der Waals surface area contributed by atoms with Crippen molar-refractivity contribution in [1.29, 1.82) is 5.26 Å². The third kappa shape index (κ3) is 3.71. The summed E-state index contributed by atoms with van der Waals surface area (Å²) in [6, 6.07) is 16.7. The number of benzene rings is 2. The van der Waals surface area contributed by atoms with E-state index in [2.05, 4.69) is 0 Å². The third-order valence-corrected chi connectivity index (χ3v) is 4.01. The zero-order chi connectivity index (χ0) is 15.3. The number of nitrogens with zero attached hydrogens (tertiary/aromatic N) is 1. The van der Waals surface area contributed by atoms with Gasteiger partial charge in [-0.1, -0.05) is 48.0 Å². The molecule has 2 rings (SSSR count). The Kier molecular flexibility index (Phi) is 4.41. The van der Waals surface area contributed by atoms with E-state index < -0.39 is 10.1 Å². The van der Waals surface area contributed by atoms with Crippen molar-refractivity contribution in [2.75, 3.05) is 0 Å². The largest absolute Gasteiger partial charge is 0.378 e. The lowest BCUT2D eigenvalue weighted by molar-refractivity contribution is 0.463. The summed E-state index contributed by atoms with van der Waals surface area (Å²) in [5, 5.41) is 8.80. The molecule has 2 aromatic carbocycles. The first kappa shape index (κ1) is 14.8. The number of hydrogen-bond acceptors (Lipinski definition) is 4. The van der Waals surface area contributed by atoms with Crippen molar-refractivity contribution in [3.05, 3.63) is 71.8 Å². The van der Waals surface area contributed by atoms with Gasteiger partial charge in [-0.25, -0.2) is 0 Å². The maximum atomic E-state index is 12.2. The molecule has 106 valence electrons. The Labute approximate surface area is 124 Å². The minimum atomic E-state index is -3.97. The number of nitriles is 1. The lowest BCUT2D eigenvalue weighted by atomic mass is 10.2. The van der Waals surface area contributed by atoms with Crippen LogP contribution in [0.5, 0.6) is 0 Å². The second kappa shape index (κ2) is 6.25. The van der Waals surface area contributed by atoms with Crippen LogP contribution >= 0.6 is 0 Å². The van der Waals surface area contributed by atoms with E-state index in [1.165, 1.54) is 12.1 Å². The molecule has 0 heterocycles. The topological polar surface area (TPSA) is 67.2 Å². The highest BCUT2D eigenvalue weighted by molar-refractivity contribution is 7.87. The van der Waals surface area contributed by atoms with Gasteiger partial charge in [0.2, 0.25) is 0 Å². The summed E-state index contributed by atoms with van der Waals surface area (Å²) in [4.78, 5) is 0.0490. The third-order valence-electron chi connectivity index (χ3n) is 2.76. The standard InChI is InChI=1S/C16H13NO3S/c1-13-7-9-15(10-8-13)21(18,19)20-16(11-12-17)14-5-3-2-4-6-14/h2-11H,1H3. The SMILES string of the molecule is Cc1ccc(S(=O)(=O)OC(=CC#N)c2ccccc2)cc1. The number of aryl methyl sites for hydroxylation is 1. The second-order valence-electron chi connectivity index (χ2n) is 4.35. The van der Waals surface area contributed by atoms with Crippen LogP contribution in [0.2, 0.25) is 0 Å². The Morgan fingerprint density at radius 1 is 1.10 bits per heavy atom. The molecule has 0 spiro atoms. The smallest absolute Gasteiger partial charge is 0.339 e. The highest BCUT2D eigenvalue weighted by Gasteiger charge is 2.18. The molecular weight excluding hydrogens is 286 g/mol. The van der Waals surface area contributed by atoms with Crippen molar-refractivity contribution >= 4 is 15.9 Å². The molecule has 4 nitrogen and oxygen atoms in total. The van der Waals surface area contributed by atoms with Gasteiger partial charge in [0.15, 0.2) is 5.76 Å². The molecule has 21 heavy (non-hydrogen) atoms. The van der Waals surface area contributed by atoms with Crippen LogP contribution in [-0.4, -0.2) is 8.42 Å². The first-order chi connectivity index (χ1) is 10.0. The number of hydrogen-bond donors (Lipinski definition) is 0. The van der Waals surface area contributed by atoms with Gasteiger partial charge >= 0.3 is 10.1 Å². The van der Waals surface area contributed by atoms with E-state index in [-0.39, 0.29) is 10.7 Å². The molecule has 0 bridgehead atoms. The van der Waals surface area contributed by atoms with Crippen molar-refractivity contribution in [2.45, 2.75) is 11.8 Å². The van der Waals surface area contributed by atoms with E-state index in [0.717, 1.165) is 11.6 Å². The molecule has 0 amide bonds. The van der Waals surface area contributed by atoms with Crippen molar-refractivity contribution in [1.82, 2.24) is 0 Å². The molecule has 0 radical (unpaired) electrons. The highest BCUT2D eigenvalue weighted by Crippen LogP contribution is 2.22. The van der Waals surface area contributed by atoms with Crippen LogP contribution in [0.15, 0.2) is 65.6 Å². The van der Waals surface area contributed by atoms with E-state index in [1.54, 1.807) is 48.5 Å². The van der Waals surface area contributed by atoms with E-state index >= 15 is 0 Å². The quantitative estimate of drug-likeness (QED) is 0.493. The van der Waals surface area contributed by atoms with Gasteiger partial charge in [0.25, 0.3) is 0 Å². The lowest BCUT2D eigenvalue weighted by Gasteiger charge is -2.10. The average molecular weight is 299 g/mol. The van der Waals surface area contributed by atoms with Crippen LogP contribution in [-0.2, 0) is 14.3 Å². The Morgan fingerprint density at radius 2 is 1.71 bits per heavy atom. The van der Waals surface area contributed by atoms with E-state index in [4.69, 9.17) is 9.44 Å². The molecule has 0 fully saturated rings. The fourth-order valence-corrected chi connectivity index (χ4v) is 2.63. The van der Waals surface area contributed by atoms with Gasteiger partial charge in [-0.3, -0.25) is 0 Å². The lowest BCUT2D eigenvalue weighted by Crippen LogP contribution is -2.06. The van der Waals surface area contributed by atoms with Crippen LogP contribution in [0, 0.1) is 18.3 Å². The molecule has 0 aliphatic heterocycles. The molecule has 0 aliphatic rings. The summed E-state index contributed by atoms with van der Waals surface area (Å²) in [6.45, 7) is 1.86. The van der Waals surface area contributed by atoms with Crippen LogP contribution in [0.25, 0.3) is 5.76 Å². The van der Waals surface area contributed by atoms with Crippen molar-refractivity contribution in [2.24, 2.45) is 0 Å². The normalized spacial score (nSPS) is 11.7. The summed E-state index contributed by atoms with van der Waals surface area (Å²) in [5.41, 5.74) is 1.47. The van der Waals surface area contributed by atoms with Gasteiger partial charge in [0, 0.05) is 5.56 Å². The zero-order valence-electron chi connectivity index (χ0n) is 11.4. The van der Waals surface area contributed by atoms with Crippen LogP contribution < -0.4 is 0 Å². The summed E-state index contributed by atoms with van der Waals surface area (Å²) in [6.07, 6.45) is 1.07. The monoisotopic (exact) mass is 299 g/mol. The fraction of sp³-hybridized carbons (Fsp3) is 0.0625. The fourth-order valence-electron chi connectivity index (χ4n) is 1.69. The molecule has 0 aromatic heterocycles. The second-order valence-corrected chi connectivity index (χ2v) is 5.90. The molecule has 5 heteroatoms. The highest BCUT2D eigenvalue weighted by atomic mass is 32.2. The van der Waals surface area contributed by atoms with Gasteiger partial charge in [-0.15, -0.1) is 0 Å². The first-order valence-corrected chi connectivity index (χ1v) is 7.60. The minimum Gasteiger partial charge on any atom is -0.378 e. The minimum absolute atomic E-state index is 0.00123. The van der Waals surface area contributed by atoms with Crippen molar-refractivity contribution < 1.29 is 12.6 Å². The van der Waals surface area contributed by atoms with Crippen LogP contribution in [0.1, 0.15) is 11.1 Å². The summed E-state index contributed by atoms with van der Waals surface area (Å²) >= 11 is 0. The predicted molar refractivity (Wildman–Crippen MR) is 79.5 cm³/mol. The zero-order valence-corrected chi connectivity index (χ0v) is 12.2. The maximum Gasteiger partial charge on any atom is 0.339 e. The van der Waals surface area contributed by atoms with E-state index in [9.17, 15) is 8.42 Å². The predicted octanol–water partition coefficient (Wildman–Crippen LogP) is 3.27. The Balaban J connectivity index is 2.36. The van der Waals surface area contributed by atoms with Crippen molar-refractivity contribution in [3.63, 3.8) is 0 Å². The Morgan fingerprint density at radius 3 is 2.29 bits per heavy atom. The Bertz CT molecular complexity index is 786. The summed E-state index contributed by atoms with van der Waals surface area (Å²) in [5.74, 6) is -0.00123. The van der Waals surface area contributed by atoms with Crippen LogP contribution in [0.3, 0.4) is 0 Å². The van der Waals surface area contributed by atoms with Gasteiger partial charge in [-0.2, -0.15) is 13.7 Å². The summed E-state index contributed by atoms with van der Waals surface area (Å²) < 4.78 is 29.6. The number of allylic oxidation sites excluding steroid dienone is 1. The molecule has 0 saturated carbocycles. The molecule has 0 saturated heterocycles. The van der Waals surface area contributed by atoms with Crippen molar-refractivity contribution in [3.8, 4) is 6.07 Å². The van der Waals surface area contributed by atoms with Gasteiger partial charge in [0.1, 0.15) is 4.90 Å². The summed E-state index contributed by atoms with van der Waals surface area (Å²) in [7, 11) is -3.97.